The maximum atomic E-state index is 14.4. The van der Waals surface area contributed by atoms with Crippen molar-refractivity contribution < 1.29 is 13.9 Å². The molecule has 0 spiro atoms. The van der Waals surface area contributed by atoms with Crippen LogP contribution >= 0.6 is 0 Å². The Balaban J connectivity index is 1.85. The molecule has 0 unspecified atom stereocenters. The zero-order valence-electron chi connectivity index (χ0n) is 18.1. The maximum Gasteiger partial charge on any atom is 0.165 e. The zero-order valence-corrected chi connectivity index (χ0v) is 18.1. The molecule has 4 nitrogen and oxygen atoms in total. The van der Waals surface area contributed by atoms with Crippen LogP contribution in [0.4, 0.5) is 4.39 Å². The van der Waals surface area contributed by atoms with Crippen molar-refractivity contribution in [1.29, 1.82) is 0 Å². The largest absolute Gasteiger partial charge is 0.488 e. The number of hydrogen-bond donors (Lipinski definition) is 0. The molecule has 0 amide bonds. The van der Waals surface area contributed by atoms with Crippen molar-refractivity contribution in [3.8, 4) is 17.1 Å². The first-order valence-corrected chi connectivity index (χ1v) is 11.0. The SMILES string of the molecule is CCCCCCCc1cnc(-c2ccc(OC[C@@H](C)OCCCC)c(F)c2)nc1. The molecule has 5 heteroatoms. The van der Waals surface area contributed by atoms with Gasteiger partial charge in [0.25, 0.3) is 0 Å². The summed E-state index contributed by atoms with van der Waals surface area (Å²) in [4.78, 5) is 8.82. The summed E-state index contributed by atoms with van der Waals surface area (Å²) in [6.07, 6.45) is 13.0. The monoisotopic (exact) mass is 402 g/mol. The van der Waals surface area contributed by atoms with Crippen molar-refractivity contribution in [2.24, 2.45) is 0 Å². The number of benzene rings is 1. The molecule has 0 saturated carbocycles. The number of hydrogen-bond acceptors (Lipinski definition) is 4. The predicted octanol–water partition coefficient (Wildman–Crippen LogP) is 6.38. The summed E-state index contributed by atoms with van der Waals surface area (Å²) in [5, 5.41) is 0. The maximum absolute atomic E-state index is 14.4. The fraction of sp³-hybridized carbons (Fsp3) is 0.583. The average molecular weight is 403 g/mol. The number of ether oxygens (including phenoxy) is 2. The molecule has 1 heterocycles. The molecule has 29 heavy (non-hydrogen) atoms. The van der Waals surface area contributed by atoms with E-state index in [2.05, 4.69) is 23.8 Å². The number of halogens is 1. The second-order valence-electron chi connectivity index (χ2n) is 7.57. The first-order valence-electron chi connectivity index (χ1n) is 11.0. The third-order valence-corrected chi connectivity index (χ3v) is 4.84. The van der Waals surface area contributed by atoms with Crippen LogP contribution in [-0.2, 0) is 11.2 Å². The molecule has 1 aromatic carbocycles. The van der Waals surface area contributed by atoms with Crippen molar-refractivity contribution in [2.75, 3.05) is 13.2 Å². The van der Waals surface area contributed by atoms with Crippen molar-refractivity contribution in [2.45, 2.75) is 78.2 Å². The van der Waals surface area contributed by atoms with Gasteiger partial charge in [0.15, 0.2) is 17.4 Å². The lowest BCUT2D eigenvalue weighted by Gasteiger charge is -2.14. The molecule has 0 radical (unpaired) electrons. The molecule has 2 aromatic rings. The summed E-state index contributed by atoms with van der Waals surface area (Å²) in [7, 11) is 0. The van der Waals surface area contributed by atoms with E-state index in [4.69, 9.17) is 9.47 Å². The van der Waals surface area contributed by atoms with Crippen LogP contribution in [0.15, 0.2) is 30.6 Å². The molecule has 0 aliphatic rings. The lowest BCUT2D eigenvalue weighted by molar-refractivity contribution is 0.0299. The molecule has 1 aromatic heterocycles. The van der Waals surface area contributed by atoms with Crippen LogP contribution in [-0.4, -0.2) is 29.3 Å². The van der Waals surface area contributed by atoms with Crippen molar-refractivity contribution >= 4 is 0 Å². The van der Waals surface area contributed by atoms with Gasteiger partial charge in [-0.25, -0.2) is 14.4 Å². The van der Waals surface area contributed by atoms with E-state index in [0.717, 1.165) is 31.2 Å². The highest BCUT2D eigenvalue weighted by Gasteiger charge is 2.10. The Bertz CT molecular complexity index is 707. The minimum Gasteiger partial charge on any atom is -0.488 e. The van der Waals surface area contributed by atoms with Gasteiger partial charge in [-0.05, 0) is 49.9 Å². The first kappa shape index (κ1) is 23.3. The van der Waals surface area contributed by atoms with Gasteiger partial charge in [-0.3, -0.25) is 0 Å². The van der Waals surface area contributed by atoms with Gasteiger partial charge in [0, 0.05) is 24.6 Å². The van der Waals surface area contributed by atoms with Gasteiger partial charge in [0.1, 0.15) is 6.61 Å². The third kappa shape index (κ3) is 8.48. The van der Waals surface area contributed by atoms with Crippen LogP contribution in [0.3, 0.4) is 0 Å². The molecule has 0 saturated heterocycles. The standard InChI is InChI=1S/C24H35FN2O2/c1-4-6-8-9-10-11-20-16-26-24(27-17-20)21-12-13-23(22(25)15-21)29-18-19(3)28-14-7-5-2/h12-13,15-17,19H,4-11,14,18H2,1-3H3/t19-/m1/s1. The number of nitrogens with zero attached hydrogens (tertiary/aromatic N) is 2. The molecule has 0 fully saturated rings. The Morgan fingerprint density at radius 3 is 2.38 bits per heavy atom. The summed E-state index contributed by atoms with van der Waals surface area (Å²) < 4.78 is 25.6. The number of unbranched alkanes of at least 4 members (excludes halogenated alkanes) is 5. The highest BCUT2D eigenvalue weighted by molar-refractivity contribution is 5.56. The fourth-order valence-electron chi connectivity index (χ4n) is 3.01. The Morgan fingerprint density at radius 1 is 0.966 bits per heavy atom. The second kappa shape index (κ2) is 13.3. The number of aryl methyl sites for hydroxylation is 1. The Kier molecular flexibility index (Phi) is 10.6. The highest BCUT2D eigenvalue weighted by Crippen LogP contribution is 2.24. The van der Waals surface area contributed by atoms with E-state index >= 15 is 0 Å². The molecular weight excluding hydrogens is 367 g/mol. The smallest absolute Gasteiger partial charge is 0.165 e. The van der Waals surface area contributed by atoms with E-state index in [-0.39, 0.29) is 11.9 Å². The summed E-state index contributed by atoms with van der Waals surface area (Å²) in [5.41, 5.74) is 1.78. The van der Waals surface area contributed by atoms with Gasteiger partial charge in [-0.15, -0.1) is 0 Å². The van der Waals surface area contributed by atoms with Gasteiger partial charge in [-0.1, -0.05) is 46.0 Å². The normalized spacial score (nSPS) is 12.1. The Labute approximate surface area is 174 Å². The van der Waals surface area contributed by atoms with E-state index in [1.54, 1.807) is 12.1 Å². The van der Waals surface area contributed by atoms with Crippen LogP contribution in [0, 0.1) is 5.82 Å². The van der Waals surface area contributed by atoms with Crippen LogP contribution in [0.2, 0.25) is 0 Å². The minimum atomic E-state index is -0.410. The van der Waals surface area contributed by atoms with Crippen LogP contribution in [0.25, 0.3) is 11.4 Å². The molecule has 0 N–H and O–H groups in total. The van der Waals surface area contributed by atoms with Gasteiger partial charge in [0.2, 0.25) is 0 Å². The summed E-state index contributed by atoms with van der Waals surface area (Å²) in [6, 6.07) is 4.85. The fourth-order valence-corrected chi connectivity index (χ4v) is 3.01. The highest BCUT2D eigenvalue weighted by atomic mass is 19.1. The van der Waals surface area contributed by atoms with E-state index < -0.39 is 5.82 Å². The number of aromatic nitrogens is 2. The Hall–Kier alpha value is -2.01. The minimum absolute atomic E-state index is 0.0709. The van der Waals surface area contributed by atoms with E-state index in [1.165, 1.54) is 31.7 Å². The van der Waals surface area contributed by atoms with Crippen LogP contribution in [0.1, 0.15) is 71.3 Å². The topological polar surface area (TPSA) is 44.2 Å². The lowest BCUT2D eigenvalue weighted by atomic mass is 10.1. The molecular formula is C24H35FN2O2. The van der Waals surface area contributed by atoms with Gasteiger partial charge >= 0.3 is 0 Å². The number of rotatable bonds is 14. The molecule has 0 aliphatic carbocycles. The van der Waals surface area contributed by atoms with E-state index in [1.807, 2.05) is 19.3 Å². The molecule has 0 bridgehead atoms. The van der Waals surface area contributed by atoms with E-state index in [0.29, 0.717) is 24.6 Å². The Morgan fingerprint density at radius 2 is 1.69 bits per heavy atom. The molecule has 160 valence electrons. The summed E-state index contributed by atoms with van der Waals surface area (Å²) >= 11 is 0. The molecule has 1 atom stereocenters. The van der Waals surface area contributed by atoms with Gasteiger partial charge in [0.05, 0.1) is 6.10 Å². The average Bonchev–Trinajstić information content (AvgIpc) is 2.73. The quantitative estimate of drug-likeness (QED) is 0.344. The summed E-state index contributed by atoms with van der Waals surface area (Å²) in [6.45, 7) is 7.30. The second-order valence-corrected chi connectivity index (χ2v) is 7.57. The van der Waals surface area contributed by atoms with Crippen LogP contribution in [0.5, 0.6) is 5.75 Å². The molecule has 0 aliphatic heterocycles. The van der Waals surface area contributed by atoms with Gasteiger partial charge < -0.3 is 9.47 Å². The molecule has 2 rings (SSSR count). The lowest BCUT2D eigenvalue weighted by Crippen LogP contribution is -2.19. The first-order chi connectivity index (χ1) is 14.1. The third-order valence-electron chi connectivity index (χ3n) is 4.84. The van der Waals surface area contributed by atoms with Gasteiger partial charge in [-0.2, -0.15) is 0 Å². The van der Waals surface area contributed by atoms with Crippen LogP contribution < -0.4 is 4.74 Å². The van der Waals surface area contributed by atoms with Crippen molar-refractivity contribution in [1.82, 2.24) is 9.97 Å². The van der Waals surface area contributed by atoms with Crippen molar-refractivity contribution in [3.05, 3.63) is 42.0 Å². The van der Waals surface area contributed by atoms with Crippen molar-refractivity contribution in [3.63, 3.8) is 0 Å². The predicted molar refractivity (Wildman–Crippen MR) is 116 cm³/mol. The zero-order chi connectivity index (χ0) is 20.9. The summed E-state index contributed by atoms with van der Waals surface area (Å²) in [5.74, 6) is 0.344. The van der Waals surface area contributed by atoms with E-state index in [9.17, 15) is 4.39 Å².